The average Bonchev–Trinajstić information content (AvgIpc) is 2.25. The molecular weight excluding hydrogens is 240 g/mol. The molecule has 1 heterocycles. The quantitative estimate of drug-likeness (QED) is 0.540. The summed E-state index contributed by atoms with van der Waals surface area (Å²) in [6.07, 6.45) is 0. The van der Waals surface area contributed by atoms with E-state index >= 15 is 0 Å². The van der Waals surface area contributed by atoms with Gasteiger partial charge < -0.3 is 19.7 Å². The summed E-state index contributed by atoms with van der Waals surface area (Å²) in [6.45, 7) is 0.883. The number of benzene rings is 1. The Labute approximate surface area is 104 Å². The molecule has 0 unspecified atom stereocenters. The van der Waals surface area contributed by atoms with Crippen molar-refractivity contribution in [3.8, 4) is 0 Å². The number of hydrogen-bond acceptors (Lipinski definition) is 5. The van der Waals surface area contributed by atoms with E-state index in [-0.39, 0.29) is 17.4 Å². The fraction of sp³-hybridized carbons (Fsp3) is 0.364. The van der Waals surface area contributed by atoms with E-state index in [2.05, 4.69) is 4.74 Å². The Morgan fingerprint density at radius 3 is 2.67 bits per heavy atom. The predicted molar refractivity (Wildman–Crippen MR) is 63.9 cm³/mol. The first-order valence-corrected chi connectivity index (χ1v) is 5.50. The van der Waals surface area contributed by atoms with Crippen LogP contribution in [0.2, 0.25) is 0 Å². The van der Waals surface area contributed by atoms with Gasteiger partial charge >= 0.3 is 13.1 Å². The van der Waals surface area contributed by atoms with Crippen LogP contribution in [0.1, 0.15) is 0 Å². The Bertz CT molecular complexity index is 462. The summed E-state index contributed by atoms with van der Waals surface area (Å²) in [4.78, 5) is 13.0. The Morgan fingerprint density at radius 2 is 2.11 bits per heavy atom. The van der Waals surface area contributed by atoms with E-state index in [1.807, 2.05) is 0 Å². The molecule has 18 heavy (non-hydrogen) atoms. The lowest BCUT2D eigenvalue weighted by Gasteiger charge is -2.39. The molecule has 0 aromatic heterocycles. The molecule has 0 aliphatic carbocycles. The molecule has 1 aromatic carbocycles. The molecule has 1 aliphatic rings. The van der Waals surface area contributed by atoms with E-state index in [1.165, 1.54) is 19.2 Å². The summed E-state index contributed by atoms with van der Waals surface area (Å²) in [7, 11) is -0.384. The van der Waals surface area contributed by atoms with Crippen molar-refractivity contribution in [3.05, 3.63) is 24.0 Å². The number of ether oxygens (including phenoxy) is 1. The normalized spacial score (nSPS) is 15.2. The SMILES string of the molecule is COC(=O)C1CN(c2cc(F)cc(B(O)O)c2)C1. The molecule has 1 saturated heterocycles. The van der Waals surface area contributed by atoms with E-state index < -0.39 is 12.9 Å². The highest BCUT2D eigenvalue weighted by atomic mass is 19.1. The van der Waals surface area contributed by atoms with Gasteiger partial charge in [0.25, 0.3) is 0 Å². The number of hydrogen-bond donors (Lipinski definition) is 2. The first-order chi connectivity index (χ1) is 8.51. The second-order valence-electron chi connectivity index (χ2n) is 4.24. The molecule has 2 rings (SSSR count). The molecule has 0 amide bonds. The molecular formula is C11H13BFNO4. The molecule has 0 spiro atoms. The predicted octanol–water partition coefficient (Wildman–Crippen LogP) is -0.885. The Kier molecular flexibility index (Phi) is 3.54. The summed E-state index contributed by atoms with van der Waals surface area (Å²) in [5.41, 5.74) is 0.616. The minimum absolute atomic E-state index is 0.0894. The summed E-state index contributed by atoms with van der Waals surface area (Å²) in [6, 6.07) is 3.84. The highest BCUT2D eigenvalue weighted by Crippen LogP contribution is 2.25. The number of halogens is 1. The van der Waals surface area contributed by atoms with Crippen LogP contribution in [0.3, 0.4) is 0 Å². The van der Waals surface area contributed by atoms with Gasteiger partial charge in [-0.05, 0) is 23.7 Å². The van der Waals surface area contributed by atoms with Crippen molar-refractivity contribution in [2.24, 2.45) is 5.92 Å². The molecule has 1 fully saturated rings. The molecule has 5 nitrogen and oxygen atoms in total. The number of carbonyl (C=O) groups excluding carboxylic acids is 1. The molecule has 0 bridgehead atoms. The van der Waals surface area contributed by atoms with E-state index in [1.54, 1.807) is 4.90 Å². The maximum atomic E-state index is 13.3. The van der Waals surface area contributed by atoms with Gasteiger partial charge in [-0.1, -0.05) is 0 Å². The van der Waals surface area contributed by atoms with Crippen molar-refractivity contribution in [2.75, 3.05) is 25.1 Å². The zero-order valence-electron chi connectivity index (χ0n) is 9.84. The molecule has 0 atom stereocenters. The van der Waals surface area contributed by atoms with Crippen LogP contribution in [0.5, 0.6) is 0 Å². The van der Waals surface area contributed by atoms with Gasteiger partial charge in [0.2, 0.25) is 0 Å². The van der Waals surface area contributed by atoms with Gasteiger partial charge in [-0.3, -0.25) is 4.79 Å². The van der Waals surface area contributed by atoms with Crippen LogP contribution in [-0.4, -0.2) is 43.3 Å². The Morgan fingerprint density at radius 1 is 1.44 bits per heavy atom. The monoisotopic (exact) mass is 253 g/mol. The second kappa shape index (κ2) is 4.95. The largest absolute Gasteiger partial charge is 0.488 e. The van der Waals surface area contributed by atoms with E-state index in [4.69, 9.17) is 10.0 Å². The molecule has 1 aromatic rings. The van der Waals surface area contributed by atoms with Gasteiger partial charge in [-0.25, -0.2) is 4.39 Å². The van der Waals surface area contributed by atoms with Crippen LogP contribution in [0.25, 0.3) is 0 Å². The smallest absolute Gasteiger partial charge is 0.469 e. The zero-order valence-corrected chi connectivity index (χ0v) is 9.84. The first kappa shape index (κ1) is 12.9. The number of methoxy groups -OCH3 is 1. The van der Waals surface area contributed by atoms with Gasteiger partial charge in [-0.2, -0.15) is 0 Å². The fourth-order valence-electron chi connectivity index (χ4n) is 1.93. The summed E-state index contributed by atoms with van der Waals surface area (Å²) < 4.78 is 17.9. The standard InChI is InChI=1S/C11H13BFNO4/c1-18-11(15)7-5-14(6-7)10-3-8(12(16)17)2-9(13)4-10/h2-4,7,16-17H,5-6H2,1H3. The average molecular weight is 253 g/mol. The number of rotatable bonds is 3. The topological polar surface area (TPSA) is 70.0 Å². The number of carbonyl (C=O) groups is 1. The van der Waals surface area contributed by atoms with Gasteiger partial charge in [0, 0.05) is 18.8 Å². The molecule has 7 heteroatoms. The lowest BCUT2D eigenvalue weighted by Crippen LogP contribution is -2.51. The van der Waals surface area contributed by atoms with Crippen LogP contribution < -0.4 is 10.4 Å². The second-order valence-corrected chi connectivity index (χ2v) is 4.24. The number of nitrogens with zero attached hydrogens (tertiary/aromatic N) is 1. The molecule has 96 valence electrons. The summed E-state index contributed by atoms with van der Waals surface area (Å²) in [5, 5.41) is 18.0. The van der Waals surface area contributed by atoms with Crippen LogP contribution >= 0.6 is 0 Å². The molecule has 1 aliphatic heterocycles. The number of esters is 1. The van der Waals surface area contributed by atoms with Gasteiger partial charge in [-0.15, -0.1) is 0 Å². The van der Waals surface area contributed by atoms with Gasteiger partial charge in [0.1, 0.15) is 5.82 Å². The Balaban J connectivity index is 2.09. The lowest BCUT2D eigenvalue weighted by molar-refractivity contribution is -0.146. The van der Waals surface area contributed by atoms with Crippen molar-refractivity contribution in [2.45, 2.75) is 0 Å². The van der Waals surface area contributed by atoms with Crippen molar-refractivity contribution in [3.63, 3.8) is 0 Å². The van der Waals surface area contributed by atoms with Crippen LogP contribution in [0.15, 0.2) is 18.2 Å². The summed E-state index contributed by atoms with van der Waals surface area (Å²) >= 11 is 0. The van der Waals surface area contributed by atoms with Gasteiger partial charge in [0.15, 0.2) is 0 Å². The maximum absolute atomic E-state index is 13.3. The van der Waals surface area contributed by atoms with Crippen molar-refractivity contribution >= 4 is 24.2 Å². The number of anilines is 1. The fourth-order valence-corrected chi connectivity index (χ4v) is 1.93. The van der Waals surface area contributed by atoms with E-state index in [0.717, 1.165) is 6.07 Å². The minimum Gasteiger partial charge on any atom is -0.469 e. The summed E-state index contributed by atoms with van der Waals surface area (Å²) in [5.74, 6) is -1.04. The van der Waals surface area contributed by atoms with Gasteiger partial charge in [0.05, 0.1) is 13.0 Å². The van der Waals surface area contributed by atoms with Crippen molar-refractivity contribution in [1.82, 2.24) is 0 Å². The molecule has 0 radical (unpaired) electrons. The van der Waals surface area contributed by atoms with Crippen LogP contribution in [0, 0.1) is 11.7 Å². The molecule has 2 N–H and O–H groups in total. The Hall–Kier alpha value is -1.60. The minimum atomic E-state index is -1.71. The maximum Gasteiger partial charge on any atom is 0.488 e. The van der Waals surface area contributed by atoms with Crippen LogP contribution in [0.4, 0.5) is 10.1 Å². The van der Waals surface area contributed by atoms with Crippen LogP contribution in [-0.2, 0) is 9.53 Å². The van der Waals surface area contributed by atoms with Crippen molar-refractivity contribution < 1.29 is 24.0 Å². The first-order valence-electron chi connectivity index (χ1n) is 5.50. The lowest BCUT2D eigenvalue weighted by atomic mass is 9.80. The third-order valence-electron chi connectivity index (χ3n) is 2.98. The molecule has 0 saturated carbocycles. The third kappa shape index (κ3) is 2.47. The van der Waals surface area contributed by atoms with E-state index in [0.29, 0.717) is 18.8 Å². The van der Waals surface area contributed by atoms with E-state index in [9.17, 15) is 9.18 Å². The zero-order chi connectivity index (χ0) is 13.3. The highest BCUT2D eigenvalue weighted by Gasteiger charge is 2.34. The van der Waals surface area contributed by atoms with Crippen molar-refractivity contribution in [1.29, 1.82) is 0 Å². The third-order valence-corrected chi connectivity index (χ3v) is 2.98. The highest BCUT2D eigenvalue weighted by molar-refractivity contribution is 6.58.